The van der Waals surface area contributed by atoms with Gasteiger partial charge in [-0.15, -0.1) is 0 Å². The van der Waals surface area contributed by atoms with Crippen molar-refractivity contribution in [2.24, 2.45) is 0 Å². The summed E-state index contributed by atoms with van der Waals surface area (Å²) in [4.78, 5) is 11.1. The number of aliphatic hydroxyl groups excluding tert-OH is 3. The summed E-state index contributed by atoms with van der Waals surface area (Å²) in [5, 5.41) is 47.9. The maximum Gasteiger partial charge on any atom is 0.339 e. The summed E-state index contributed by atoms with van der Waals surface area (Å²) in [6.07, 6.45) is -4.41. The Morgan fingerprint density at radius 3 is 2.67 bits per heavy atom. The first-order valence-electron chi connectivity index (χ1n) is 6.21. The molecule has 1 heterocycles. The Labute approximate surface area is 119 Å². The Hall–Kier alpha value is -1.71. The summed E-state index contributed by atoms with van der Waals surface area (Å²) < 4.78 is 10.2. The predicted octanol–water partition coefficient (Wildman–Crippen LogP) is -1.43. The van der Waals surface area contributed by atoms with E-state index < -0.39 is 43.3 Å². The summed E-state index contributed by atoms with van der Waals surface area (Å²) in [6, 6.07) is 5.54. The summed E-state index contributed by atoms with van der Waals surface area (Å²) in [5.41, 5.74) is -0.211. The lowest BCUT2D eigenvalue weighted by Crippen LogP contribution is -2.64. The number of carbonyl (C=O) groups is 1. The van der Waals surface area contributed by atoms with E-state index in [1.165, 1.54) is 24.3 Å². The number of aliphatic hydroxyl groups is 4. The van der Waals surface area contributed by atoms with Gasteiger partial charge in [0.15, 0.2) is 0 Å². The molecule has 1 aromatic carbocycles. The van der Waals surface area contributed by atoms with Crippen LogP contribution in [0.5, 0.6) is 5.75 Å². The van der Waals surface area contributed by atoms with Gasteiger partial charge in [0.25, 0.3) is 5.79 Å². The van der Waals surface area contributed by atoms with Crippen LogP contribution in [-0.4, -0.2) is 68.8 Å². The van der Waals surface area contributed by atoms with Crippen LogP contribution in [0, 0.1) is 0 Å². The number of ether oxygens (including phenoxy) is 2. The van der Waals surface area contributed by atoms with Crippen molar-refractivity contribution in [1.29, 1.82) is 0 Å². The normalized spacial score (nSPS) is 32.7. The lowest BCUT2D eigenvalue weighted by molar-refractivity contribution is -0.307. The molecule has 0 aromatic heterocycles. The lowest BCUT2D eigenvalue weighted by Gasteiger charge is -2.42. The molecule has 116 valence electrons. The van der Waals surface area contributed by atoms with Gasteiger partial charge < -0.3 is 35.0 Å². The number of benzene rings is 1. The van der Waals surface area contributed by atoms with E-state index in [1.807, 2.05) is 0 Å². The van der Waals surface area contributed by atoms with Gasteiger partial charge in [-0.05, 0) is 12.1 Å². The van der Waals surface area contributed by atoms with Crippen molar-refractivity contribution in [2.75, 3.05) is 13.2 Å². The van der Waals surface area contributed by atoms with E-state index in [9.17, 15) is 20.1 Å². The Bertz CT molecular complexity index is 519. The van der Waals surface area contributed by atoms with Crippen molar-refractivity contribution in [3.63, 3.8) is 0 Å². The molecule has 8 nitrogen and oxygen atoms in total. The summed E-state index contributed by atoms with van der Waals surface area (Å²) >= 11 is 0. The van der Waals surface area contributed by atoms with Gasteiger partial charge in [-0.3, -0.25) is 0 Å². The number of rotatable bonds is 4. The van der Waals surface area contributed by atoms with Crippen molar-refractivity contribution >= 4 is 5.97 Å². The summed E-state index contributed by atoms with van der Waals surface area (Å²) in [6.45, 7) is -1.08. The van der Waals surface area contributed by atoms with E-state index in [-0.39, 0.29) is 11.3 Å². The van der Waals surface area contributed by atoms with Gasteiger partial charge in [-0.1, -0.05) is 12.1 Å². The molecule has 1 saturated heterocycles. The number of hydrogen-bond donors (Lipinski definition) is 5. The molecule has 2 rings (SSSR count). The van der Waals surface area contributed by atoms with E-state index in [0.29, 0.717) is 0 Å². The van der Waals surface area contributed by atoms with Crippen molar-refractivity contribution in [1.82, 2.24) is 0 Å². The molecule has 1 aliphatic heterocycles. The zero-order chi connectivity index (χ0) is 15.6. The number of carboxylic acids is 1. The Kier molecular flexibility index (Phi) is 4.45. The van der Waals surface area contributed by atoms with Crippen molar-refractivity contribution in [3.05, 3.63) is 29.8 Å². The number of hydrogen-bond acceptors (Lipinski definition) is 7. The number of aromatic carboxylic acids is 1. The van der Waals surface area contributed by atoms with Crippen LogP contribution < -0.4 is 4.74 Å². The van der Waals surface area contributed by atoms with E-state index in [0.717, 1.165) is 0 Å². The van der Waals surface area contributed by atoms with Gasteiger partial charge in [0.2, 0.25) is 0 Å². The predicted molar refractivity (Wildman–Crippen MR) is 67.8 cm³/mol. The average Bonchev–Trinajstić information content (AvgIpc) is 2.46. The Balaban J connectivity index is 2.24. The fourth-order valence-corrected chi connectivity index (χ4v) is 2.05. The monoisotopic (exact) mass is 300 g/mol. The zero-order valence-corrected chi connectivity index (χ0v) is 10.9. The van der Waals surface area contributed by atoms with Gasteiger partial charge >= 0.3 is 5.97 Å². The molecule has 1 fully saturated rings. The van der Waals surface area contributed by atoms with Crippen LogP contribution in [0.2, 0.25) is 0 Å². The maximum absolute atomic E-state index is 11.1. The van der Waals surface area contributed by atoms with Crippen LogP contribution in [0.15, 0.2) is 24.3 Å². The third-order valence-corrected chi connectivity index (χ3v) is 3.25. The average molecular weight is 300 g/mol. The molecule has 8 heteroatoms. The smallest absolute Gasteiger partial charge is 0.339 e. The molecule has 5 N–H and O–H groups in total. The maximum atomic E-state index is 11.1. The third kappa shape index (κ3) is 2.99. The van der Waals surface area contributed by atoms with Gasteiger partial charge in [-0.2, -0.15) is 0 Å². The molecule has 0 spiro atoms. The molecule has 0 aliphatic carbocycles. The molecule has 0 radical (unpaired) electrons. The molecule has 4 atom stereocenters. The molecule has 1 aromatic rings. The van der Waals surface area contributed by atoms with Crippen LogP contribution >= 0.6 is 0 Å². The van der Waals surface area contributed by atoms with Crippen molar-refractivity contribution in [2.45, 2.75) is 24.1 Å². The van der Waals surface area contributed by atoms with Crippen molar-refractivity contribution < 1.29 is 39.8 Å². The third-order valence-electron chi connectivity index (χ3n) is 3.25. The highest BCUT2D eigenvalue weighted by atomic mass is 16.7. The fourth-order valence-electron chi connectivity index (χ4n) is 2.05. The second kappa shape index (κ2) is 5.96. The fraction of sp³-hybridized carbons (Fsp3) is 0.462. The van der Waals surface area contributed by atoms with E-state index >= 15 is 0 Å². The largest absolute Gasteiger partial charge is 0.478 e. The standard InChI is InChI=1S/C13H16O8/c14-5-9-10(15)11(16)13(19,6-20-9)21-8-4-2-1-3-7(8)12(17)18/h1-4,9-11,14-16,19H,5-6H2,(H,17,18)/t9-,10-,11+,13+/m1/s1. The second-order valence-electron chi connectivity index (χ2n) is 4.72. The molecular weight excluding hydrogens is 284 g/mol. The SMILES string of the molecule is O=C(O)c1ccccc1O[C@@]1(O)CO[C@H](CO)[C@@H](O)[C@@H]1O. The van der Waals surface area contributed by atoms with Crippen LogP contribution in [0.25, 0.3) is 0 Å². The highest BCUT2D eigenvalue weighted by Crippen LogP contribution is 2.29. The van der Waals surface area contributed by atoms with Crippen LogP contribution in [0.4, 0.5) is 0 Å². The Morgan fingerprint density at radius 2 is 2.05 bits per heavy atom. The highest BCUT2D eigenvalue weighted by Gasteiger charge is 2.50. The lowest BCUT2D eigenvalue weighted by atomic mass is 9.97. The minimum atomic E-state index is -2.32. The van der Waals surface area contributed by atoms with Crippen molar-refractivity contribution in [3.8, 4) is 5.75 Å². The molecule has 0 amide bonds. The van der Waals surface area contributed by atoms with Crippen LogP contribution in [0.3, 0.4) is 0 Å². The molecule has 0 unspecified atom stereocenters. The first kappa shape index (κ1) is 15.7. The van der Waals surface area contributed by atoms with E-state index in [2.05, 4.69) is 0 Å². The van der Waals surface area contributed by atoms with Gasteiger partial charge in [0.1, 0.15) is 36.2 Å². The van der Waals surface area contributed by atoms with E-state index in [4.69, 9.17) is 19.7 Å². The molecular formula is C13H16O8. The Morgan fingerprint density at radius 1 is 1.38 bits per heavy atom. The molecule has 0 bridgehead atoms. The minimum Gasteiger partial charge on any atom is -0.478 e. The second-order valence-corrected chi connectivity index (χ2v) is 4.72. The molecule has 21 heavy (non-hydrogen) atoms. The topological polar surface area (TPSA) is 137 Å². The zero-order valence-electron chi connectivity index (χ0n) is 10.9. The molecule has 0 saturated carbocycles. The summed E-state index contributed by atoms with van der Waals surface area (Å²) in [7, 11) is 0. The molecule has 1 aliphatic rings. The highest BCUT2D eigenvalue weighted by molar-refractivity contribution is 5.90. The first-order chi connectivity index (χ1) is 9.89. The van der Waals surface area contributed by atoms with Gasteiger partial charge in [0, 0.05) is 0 Å². The van der Waals surface area contributed by atoms with Gasteiger partial charge in [-0.25, -0.2) is 4.79 Å². The first-order valence-corrected chi connectivity index (χ1v) is 6.21. The van der Waals surface area contributed by atoms with Gasteiger partial charge in [0.05, 0.1) is 6.61 Å². The quantitative estimate of drug-likeness (QED) is 0.427. The number of carboxylic acid groups (broad SMARTS) is 1. The minimum absolute atomic E-state index is 0.176. The van der Waals surface area contributed by atoms with Crippen LogP contribution in [0.1, 0.15) is 10.4 Å². The van der Waals surface area contributed by atoms with Crippen LogP contribution in [-0.2, 0) is 4.74 Å². The van der Waals surface area contributed by atoms with E-state index in [1.54, 1.807) is 0 Å². The summed E-state index contributed by atoms with van der Waals surface area (Å²) in [5.74, 6) is -3.77. The number of para-hydroxylation sites is 1.